The van der Waals surface area contributed by atoms with E-state index in [1.807, 2.05) is 13.0 Å². The van der Waals surface area contributed by atoms with Crippen molar-refractivity contribution in [3.8, 4) is 11.5 Å². The van der Waals surface area contributed by atoms with E-state index in [1.165, 1.54) is 6.92 Å². The summed E-state index contributed by atoms with van der Waals surface area (Å²) in [7, 11) is 1.60. The van der Waals surface area contributed by atoms with Gasteiger partial charge in [0, 0.05) is 13.0 Å². The van der Waals surface area contributed by atoms with Gasteiger partial charge in [0.15, 0.2) is 0 Å². The zero-order valence-electron chi connectivity index (χ0n) is 8.66. The molecule has 0 amide bonds. The standard InChI is InChI=1S/C11H14O3/c1-4-9-5-6-10(14-8(2)12)7-11(9)13-3/h5-7H,4H2,1-3H3. The normalized spacial score (nSPS) is 9.64. The minimum atomic E-state index is -0.323. The van der Waals surface area contributed by atoms with Gasteiger partial charge in [-0.15, -0.1) is 0 Å². The summed E-state index contributed by atoms with van der Waals surface area (Å²) in [5.74, 6) is 0.953. The third-order valence-corrected chi connectivity index (χ3v) is 1.90. The number of hydrogen-bond donors (Lipinski definition) is 0. The van der Waals surface area contributed by atoms with Gasteiger partial charge in [0.05, 0.1) is 7.11 Å². The van der Waals surface area contributed by atoms with Crippen LogP contribution in [0.2, 0.25) is 0 Å². The van der Waals surface area contributed by atoms with E-state index in [4.69, 9.17) is 9.47 Å². The number of hydrogen-bond acceptors (Lipinski definition) is 3. The molecule has 3 heteroatoms. The number of rotatable bonds is 3. The van der Waals surface area contributed by atoms with Crippen molar-refractivity contribution in [1.29, 1.82) is 0 Å². The summed E-state index contributed by atoms with van der Waals surface area (Å²) >= 11 is 0. The van der Waals surface area contributed by atoms with E-state index in [9.17, 15) is 4.79 Å². The van der Waals surface area contributed by atoms with E-state index in [-0.39, 0.29) is 5.97 Å². The fraction of sp³-hybridized carbons (Fsp3) is 0.364. The molecule has 76 valence electrons. The van der Waals surface area contributed by atoms with Crippen molar-refractivity contribution < 1.29 is 14.3 Å². The summed E-state index contributed by atoms with van der Waals surface area (Å²) < 4.78 is 10.1. The Labute approximate surface area is 83.6 Å². The number of esters is 1. The van der Waals surface area contributed by atoms with Gasteiger partial charge in [0.25, 0.3) is 0 Å². The quantitative estimate of drug-likeness (QED) is 0.546. The lowest BCUT2D eigenvalue weighted by molar-refractivity contribution is -0.131. The highest BCUT2D eigenvalue weighted by Crippen LogP contribution is 2.24. The molecule has 0 saturated heterocycles. The molecule has 0 aliphatic carbocycles. The molecule has 0 heterocycles. The third-order valence-electron chi connectivity index (χ3n) is 1.90. The second kappa shape index (κ2) is 4.65. The van der Waals surface area contributed by atoms with E-state index in [1.54, 1.807) is 19.2 Å². The summed E-state index contributed by atoms with van der Waals surface area (Å²) in [5.41, 5.74) is 1.10. The van der Waals surface area contributed by atoms with Crippen LogP contribution in [0.25, 0.3) is 0 Å². The first kappa shape index (κ1) is 10.6. The van der Waals surface area contributed by atoms with Crippen molar-refractivity contribution in [2.45, 2.75) is 20.3 Å². The Morgan fingerprint density at radius 3 is 2.64 bits per heavy atom. The molecule has 14 heavy (non-hydrogen) atoms. The van der Waals surface area contributed by atoms with Crippen molar-refractivity contribution in [1.82, 2.24) is 0 Å². The van der Waals surface area contributed by atoms with Gasteiger partial charge < -0.3 is 9.47 Å². The second-order valence-electron chi connectivity index (χ2n) is 2.92. The molecule has 3 nitrogen and oxygen atoms in total. The average Bonchev–Trinajstić information content (AvgIpc) is 2.16. The highest BCUT2D eigenvalue weighted by molar-refractivity contribution is 5.69. The molecular weight excluding hydrogens is 180 g/mol. The molecule has 0 aromatic heterocycles. The van der Waals surface area contributed by atoms with Crippen LogP contribution >= 0.6 is 0 Å². The lowest BCUT2D eigenvalue weighted by Gasteiger charge is -2.08. The smallest absolute Gasteiger partial charge is 0.308 e. The fourth-order valence-corrected chi connectivity index (χ4v) is 1.25. The van der Waals surface area contributed by atoms with Crippen molar-refractivity contribution >= 4 is 5.97 Å². The highest BCUT2D eigenvalue weighted by Gasteiger charge is 2.04. The molecule has 0 aliphatic heterocycles. The van der Waals surface area contributed by atoms with Crippen LogP contribution in [0.1, 0.15) is 19.4 Å². The molecule has 0 fully saturated rings. The van der Waals surface area contributed by atoms with E-state index in [2.05, 4.69) is 0 Å². The SMILES string of the molecule is CCc1ccc(OC(C)=O)cc1OC. The Morgan fingerprint density at radius 1 is 1.43 bits per heavy atom. The van der Waals surface area contributed by atoms with Crippen molar-refractivity contribution in [3.63, 3.8) is 0 Å². The third kappa shape index (κ3) is 2.49. The molecule has 0 atom stereocenters. The topological polar surface area (TPSA) is 35.5 Å². The molecule has 1 aromatic carbocycles. The van der Waals surface area contributed by atoms with Crippen LogP contribution in [0.15, 0.2) is 18.2 Å². The Hall–Kier alpha value is -1.51. The highest BCUT2D eigenvalue weighted by atomic mass is 16.5. The van der Waals surface area contributed by atoms with Crippen LogP contribution in [0.3, 0.4) is 0 Å². The number of ether oxygens (including phenoxy) is 2. The molecule has 0 aliphatic rings. The molecular formula is C11H14O3. The van der Waals surface area contributed by atoms with Gasteiger partial charge in [-0.25, -0.2) is 0 Å². The molecule has 0 spiro atoms. The summed E-state index contributed by atoms with van der Waals surface area (Å²) in [5, 5.41) is 0. The second-order valence-corrected chi connectivity index (χ2v) is 2.92. The van der Waals surface area contributed by atoms with Gasteiger partial charge in [-0.1, -0.05) is 13.0 Å². The summed E-state index contributed by atoms with van der Waals surface area (Å²) in [6.07, 6.45) is 0.892. The van der Waals surface area contributed by atoms with Crippen molar-refractivity contribution in [2.24, 2.45) is 0 Å². The first-order valence-corrected chi connectivity index (χ1v) is 4.52. The van der Waals surface area contributed by atoms with Crippen LogP contribution in [0.4, 0.5) is 0 Å². The van der Waals surface area contributed by atoms with E-state index in [0.717, 1.165) is 17.7 Å². The largest absolute Gasteiger partial charge is 0.496 e. The van der Waals surface area contributed by atoms with E-state index in [0.29, 0.717) is 5.75 Å². The minimum Gasteiger partial charge on any atom is -0.496 e. The van der Waals surface area contributed by atoms with Gasteiger partial charge in [0.2, 0.25) is 0 Å². The molecule has 0 saturated carbocycles. The van der Waals surface area contributed by atoms with Gasteiger partial charge >= 0.3 is 5.97 Å². The van der Waals surface area contributed by atoms with Gasteiger partial charge in [-0.3, -0.25) is 4.79 Å². The van der Waals surface area contributed by atoms with E-state index < -0.39 is 0 Å². The Balaban J connectivity index is 2.95. The Morgan fingerprint density at radius 2 is 2.14 bits per heavy atom. The van der Waals surface area contributed by atoms with Crippen molar-refractivity contribution in [2.75, 3.05) is 7.11 Å². The average molecular weight is 194 g/mol. The van der Waals surface area contributed by atoms with Crippen molar-refractivity contribution in [3.05, 3.63) is 23.8 Å². The maximum Gasteiger partial charge on any atom is 0.308 e. The van der Waals surface area contributed by atoms with Crippen LogP contribution in [-0.2, 0) is 11.2 Å². The molecule has 1 aromatic rings. The molecule has 1 rings (SSSR count). The number of carbonyl (C=O) groups excluding carboxylic acids is 1. The summed E-state index contributed by atoms with van der Waals surface area (Å²) in [6.45, 7) is 3.42. The number of aryl methyl sites for hydroxylation is 1. The van der Waals surface area contributed by atoms with E-state index >= 15 is 0 Å². The molecule has 0 radical (unpaired) electrons. The number of benzene rings is 1. The fourth-order valence-electron chi connectivity index (χ4n) is 1.25. The van der Waals surface area contributed by atoms with Crippen LogP contribution in [0, 0.1) is 0 Å². The van der Waals surface area contributed by atoms with Crippen LogP contribution < -0.4 is 9.47 Å². The van der Waals surface area contributed by atoms with Crippen LogP contribution in [-0.4, -0.2) is 13.1 Å². The van der Waals surface area contributed by atoms with Crippen LogP contribution in [0.5, 0.6) is 11.5 Å². The predicted octanol–water partition coefficient (Wildman–Crippen LogP) is 2.18. The number of carbonyl (C=O) groups is 1. The van der Waals surface area contributed by atoms with Gasteiger partial charge in [-0.05, 0) is 18.1 Å². The molecule has 0 bridgehead atoms. The first-order valence-electron chi connectivity index (χ1n) is 4.52. The minimum absolute atomic E-state index is 0.323. The zero-order valence-corrected chi connectivity index (χ0v) is 8.66. The Bertz CT molecular complexity index is 331. The predicted molar refractivity (Wildman–Crippen MR) is 53.7 cm³/mol. The lowest BCUT2D eigenvalue weighted by atomic mass is 10.1. The van der Waals surface area contributed by atoms with Gasteiger partial charge in [0.1, 0.15) is 11.5 Å². The maximum absolute atomic E-state index is 10.7. The first-order chi connectivity index (χ1) is 6.67. The number of methoxy groups -OCH3 is 1. The lowest BCUT2D eigenvalue weighted by Crippen LogP contribution is -2.02. The maximum atomic E-state index is 10.7. The summed E-state index contributed by atoms with van der Waals surface area (Å²) in [6, 6.07) is 5.39. The van der Waals surface area contributed by atoms with Gasteiger partial charge in [-0.2, -0.15) is 0 Å². The molecule has 0 unspecified atom stereocenters. The molecule has 0 N–H and O–H groups in total. The Kier molecular flexibility index (Phi) is 3.51. The zero-order chi connectivity index (χ0) is 10.6. The monoisotopic (exact) mass is 194 g/mol. The summed E-state index contributed by atoms with van der Waals surface area (Å²) in [4.78, 5) is 10.7.